The summed E-state index contributed by atoms with van der Waals surface area (Å²) in [7, 11) is 0. The normalized spacial score (nSPS) is 18.7. The third-order valence-electron chi connectivity index (χ3n) is 5.36. The number of aryl methyl sites for hydroxylation is 1. The van der Waals surface area contributed by atoms with Crippen LogP contribution in [0.4, 0.5) is 17.3 Å². The monoisotopic (exact) mass is 462 g/mol. The van der Waals surface area contributed by atoms with Crippen LogP contribution in [0.25, 0.3) is 0 Å². The lowest BCUT2D eigenvalue weighted by molar-refractivity contribution is -0.384. The van der Waals surface area contributed by atoms with Crippen LogP contribution in [-0.2, 0) is 20.8 Å². The van der Waals surface area contributed by atoms with Gasteiger partial charge < -0.3 is 19.7 Å². The molecular formula is C20H26N6O5S. The summed E-state index contributed by atoms with van der Waals surface area (Å²) in [5.41, 5.74) is 0.808. The van der Waals surface area contributed by atoms with E-state index in [1.165, 1.54) is 17.8 Å². The van der Waals surface area contributed by atoms with Crippen molar-refractivity contribution in [1.82, 2.24) is 14.8 Å². The van der Waals surface area contributed by atoms with Crippen LogP contribution in [0.15, 0.2) is 23.4 Å². The molecule has 2 fully saturated rings. The van der Waals surface area contributed by atoms with Crippen LogP contribution in [0, 0.1) is 17.0 Å². The molecule has 172 valence electrons. The number of ether oxygens (including phenoxy) is 2. The Balaban J connectivity index is 1.46. The molecule has 2 saturated heterocycles. The second-order valence-electron chi connectivity index (χ2n) is 7.74. The number of anilines is 2. The van der Waals surface area contributed by atoms with E-state index in [2.05, 4.69) is 20.4 Å². The summed E-state index contributed by atoms with van der Waals surface area (Å²) >= 11 is 1.25. The Morgan fingerprint density at radius 3 is 2.84 bits per heavy atom. The van der Waals surface area contributed by atoms with Crippen molar-refractivity contribution in [3.63, 3.8) is 0 Å². The zero-order valence-electron chi connectivity index (χ0n) is 17.9. The van der Waals surface area contributed by atoms with Gasteiger partial charge in [-0.1, -0.05) is 17.8 Å². The van der Waals surface area contributed by atoms with Crippen LogP contribution in [0.5, 0.6) is 0 Å². The maximum Gasteiger partial charge on any atom is 0.293 e. The number of aromatic nitrogens is 3. The highest BCUT2D eigenvalue weighted by atomic mass is 32.2. The van der Waals surface area contributed by atoms with Gasteiger partial charge in [-0.2, -0.15) is 0 Å². The van der Waals surface area contributed by atoms with Gasteiger partial charge in [-0.15, -0.1) is 10.2 Å². The summed E-state index contributed by atoms with van der Waals surface area (Å²) in [5, 5.41) is 23.3. The van der Waals surface area contributed by atoms with Gasteiger partial charge in [0, 0.05) is 25.8 Å². The predicted molar refractivity (Wildman–Crippen MR) is 119 cm³/mol. The van der Waals surface area contributed by atoms with Crippen LogP contribution in [0.2, 0.25) is 0 Å². The second-order valence-corrected chi connectivity index (χ2v) is 8.68. The molecule has 1 aromatic carbocycles. The topological polar surface area (TPSA) is 125 Å². The van der Waals surface area contributed by atoms with E-state index in [0.717, 1.165) is 44.0 Å². The Hall–Kier alpha value is -2.70. The average molecular weight is 463 g/mol. The molecule has 0 aliphatic carbocycles. The highest BCUT2D eigenvalue weighted by Crippen LogP contribution is 2.28. The SMILES string of the molecule is Cc1ccc(NC(=O)CSc2nnc(N3CCOCC3)n2CC2CCCO2)c([N+](=O)[O-])c1. The van der Waals surface area contributed by atoms with Crippen LogP contribution in [0.3, 0.4) is 0 Å². The fourth-order valence-electron chi connectivity index (χ4n) is 3.75. The van der Waals surface area contributed by atoms with E-state index in [9.17, 15) is 14.9 Å². The van der Waals surface area contributed by atoms with Crippen molar-refractivity contribution in [3.05, 3.63) is 33.9 Å². The quantitative estimate of drug-likeness (QED) is 0.357. The summed E-state index contributed by atoms with van der Waals surface area (Å²) in [6.07, 6.45) is 2.09. The van der Waals surface area contributed by atoms with Gasteiger partial charge >= 0.3 is 0 Å². The number of benzene rings is 1. The van der Waals surface area contributed by atoms with E-state index < -0.39 is 4.92 Å². The minimum Gasteiger partial charge on any atom is -0.378 e. The second kappa shape index (κ2) is 10.3. The molecular weight excluding hydrogens is 436 g/mol. The first-order valence-corrected chi connectivity index (χ1v) is 11.5. The van der Waals surface area contributed by atoms with Crippen LogP contribution >= 0.6 is 11.8 Å². The number of thioether (sulfide) groups is 1. The van der Waals surface area contributed by atoms with E-state index in [1.54, 1.807) is 19.1 Å². The Morgan fingerprint density at radius 1 is 1.31 bits per heavy atom. The number of rotatable bonds is 8. The van der Waals surface area contributed by atoms with Gasteiger partial charge in [-0.25, -0.2) is 0 Å². The van der Waals surface area contributed by atoms with Gasteiger partial charge in [-0.05, 0) is 31.4 Å². The number of hydrogen-bond donors (Lipinski definition) is 1. The lowest BCUT2D eigenvalue weighted by atomic mass is 10.2. The molecule has 12 heteroatoms. The number of nitrogens with zero attached hydrogens (tertiary/aromatic N) is 5. The minimum absolute atomic E-state index is 0.0534. The first kappa shape index (κ1) is 22.5. The average Bonchev–Trinajstić information content (AvgIpc) is 3.44. The fraction of sp³-hybridized carbons (Fsp3) is 0.550. The number of carbonyl (C=O) groups is 1. The fourth-order valence-corrected chi connectivity index (χ4v) is 4.49. The molecule has 1 unspecified atom stereocenters. The summed E-state index contributed by atoms with van der Waals surface area (Å²) in [6, 6.07) is 4.71. The van der Waals surface area contributed by atoms with Gasteiger partial charge in [0.15, 0.2) is 5.16 Å². The molecule has 0 radical (unpaired) electrons. The third kappa shape index (κ3) is 5.37. The smallest absolute Gasteiger partial charge is 0.293 e. The lowest BCUT2D eigenvalue weighted by Crippen LogP contribution is -2.38. The largest absolute Gasteiger partial charge is 0.378 e. The highest BCUT2D eigenvalue weighted by molar-refractivity contribution is 7.99. The van der Waals surface area contributed by atoms with E-state index in [1.807, 2.05) is 4.57 Å². The minimum atomic E-state index is -0.497. The van der Waals surface area contributed by atoms with Gasteiger partial charge in [0.1, 0.15) is 5.69 Å². The lowest BCUT2D eigenvalue weighted by Gasteiger charge is -2.28. The highest BCUT2D eigenvalue weighted by Gasteiger charge is 2.25. The van der Waals surface area contributed by atoms with Gasteiger partial charge in [0.2, 0.25) is 11.9 Å². The Bertz CT molecular complexity index is 971. The van der Waals surface area contributed by atoms with Crippen molar-refractivity contribution in [2.45, 2.75) is 37.6 Å². The van der Waals surface area contributed by atoms with Crippen molar-refractivity contribution in [1.29, 1.82) is 0 Å². The summed E-state index contributed by atoms with van der Waals surface area (Å²) in [6.45, 7) is 5.85. The zero-order valence-corrected chi connectivity index (χ0v) is 18.7. The number of amides is 1. The third-order valence-corrected chi connectivity index (χ3v) is 6.32. The van der Waals surface area contributed by atoms with Gasteiger partial charge in [-0.3, -0.25) is 19.5 Å². The summed E-state index contributed by atoms with van der Waals surface area (Å²) in [5.74, 6) is 0.458. The molecule has 0 bridgehead atoms. The molecule has 0 saturated carbocycles. The molecule has 3 heterocycles. The number of nitro benzene ring substituents is 1. The summed E-state index contributed by atoms with van der Waals surface area (Å²) in [4.78, 5) is 25.5. The standard InChI is InChI=1S/C20H26N6O5S/c1-14-4-5-16(17(11-14)26(28)29)21-18(27)13-32-20-23-22-19(24-6-9-30-10-7-24)25(20)12-15-3-2-8-31-15/h4-5,11,15H,2-3,6-10,12-13H2,1H3,(H,21,27). The molecule has 2 aliphatic heterocycles. The Kier molecular flexibility index (Phi) is 7.22. The summed E-state index contributed by atoms with van der Waals surface area (Å²) < 4.78 is 13.2. The molecule has 32 heavy (non-hydrogen) atoms. The van der Waals surface area contributed by atoms with Crippen molar-refractivity contribution < 1.29 is 19.2 Å². The molecule has 2 aromatic rings. The molecule has 1 atom stereocenters. The van der Waals surface area contributed by atoms with Crippen LogP contribution in [0.1, 0.15) is 18.4 Å². The molecule has 0 spiro atoms. The number of morpholine rings is 1. The molecule has 1 N–H and O–H groups in total. The van der Waals surface area contributed by atoms with Crippen molar-refractivity contribution in [2.24, 2.45) is 0 Å². The Morgan fingerprint density at radius 2 is 2.12 bits per heavy atom. The number of hydrogen-bond acceptors (Lipinski definition) is 9. The predicted octanol–water partition coefficient (Wildman–Crippen LogP) is 2.24. The van der Waals surface area contributed by atoms with Crippen molar-refractivity contribution >= 4 is 35.0 Å². The first-order chi connectivity index (χ1) is 15.5. The number of carbonyl (C=O) groups excluding carboxylic acids is 1. The van der Waals surface area contributed by atoms with Crippen LogP contribution in [-0.4, -0.2) is 70.4 Å². The molecule has 1 amide bonds. The molecule has 2 aliphatic rings. The number of nitro groups is 1. The zero-order chi connectivity index (χ0) is 22.5. The van der Waals surface area contributed by atoms with E-state index >= 15 is 0 Å². The van der Waals surface area contributed by atoms with E-state index in [0.29, 0.717) is 24.9 Å². The van der Waals surface area contributed by atoms with E-state index in [-0.39, 0.29) is 29.1 Å². The molecule has 11 nitrogen and oxygen atoms in total. The number of nitrogens with one attached hydrogen (secondary N) is 1. The van der Waals surface area contributed by atoms with Gasteiger partial charge in [0.05, 0.1) is 36.5 Å². The maximum absolute atomic E-state index is 12.5. The molecule has 4 rings (SSSR count). The van der Waals surface area contributed by atoms with Gasteiger partial charge in [0.25, 0.3) is 5.69 Å². The Labute approximate surface area is 189 Å². The maximum atomic E-state index is 12.5. The van der Waals surface area contributed by atoms with Crippen LogP contribution < -0.4 is 10.2 Å². The van der Waals surface area contributed by atoms with E-state index in [4.69, 9.17) is 9.47 Å². The molecule has 1 aromatic heterocycles. The van der Waals surface area contributed by atoms with Crippen molar-refractivity contribution in [3.8, 4) is 0 Å². The van der Waals surface area contributed by atoms with Crippen molar-refractivity contribution in [2.75, 3.05) is 48.9 Å². The first-order valence-electron chi connectivity index (χ1n) is 10.6.